The molecule has 7 heteroatoms. The van der Waals surface area contributed by atoms with Crippen LogP contribution < -0.4 is 11.1 Å². The second kappa shape index (κ2) is 5.82. The number of nitrogens with zero attached hydrogens (tertiary/aromatic N) is 1. The van der Waals surface area contributed by atoms with Crippen LogP contribution in [0.5, 0.6) is 0 Å². The summed E-state index contributed by atoms with van der Waals surface area (Å²) in [5.41, 5.74) is 6.82. The van der Waals surface area contributed by atoms with E-state index in [0.29, 0.717) is 17.8 Å². The van der Waals surface area contributed by atoms with Crippen molar-refractivity contribution in [3.8, 4) is 0 Å². The van der Waals surface area contributed by atoms with Crippen LogP contribution in [0.4, 0.5) is 11.4 Å². The Labute approximate surface area is 122 Å². The highest BCUT2D eigenvalue weighted by Crippen LogP contribution is 2.27. The zero-order chi connectivity index (χ0) is 15.6. The lowest BCUT2D eigenvalue weighted by Crippen LogP contribution is -2.48. The van der Waals surface area contributed by atoms with E-state index in [1.807, 2.05) is 0 Å². The van der Waals surface area contributed by atoms with Gasteiger partial charge in [-0.1, -0.05) is 6.07 Å². The maximum Gasteiger partial charge on any atom is 0.340 e. The van der Waals surface area contributed by atoms with Crippen LogP contribution >= 0.6 is 0 Å². The van der Waals surface area contributed by atoms with Crippen molar-refractivity contribution >= 4 is 29.2 Å². The van der Waals surface area contributed by atoms with E-state index in [1.165, 1.54) is 14.2 Å². The number of rotatable bonds is 3. The maximum atomic E-state index is 12.1. The average Bonchev–Trinajstić information content (AvgIpc) is 2.48. The summed E-state index contributed by atoms with van der Waals surface area (Å²) in [5, 5.41) is 2.96. The Balaban J connectivity index is 2.29. The predicted molar refractivity (Wildman–Crippen MR) is 76.6 cm³/mol. The van der Waals surface area contributed by atoms with Gasteiger partial charge in [0.2, 0.25) is 5.91 Å². The number of carbonyl (C=O) groups excluding carboxylic acids is 3. The third kappa shape index (κ3) is 2.81. The van der Waals surface area contributed by atoms with E-state index >= 15 is 0 Å². The minimum Gasteiger partial charge on any atom is -0.465 e. The van der Waals surface area contributed by atoms with Crippen molar-refractivity contribution in [1.29, 1.82) is 0 Å². The van der Waals surface area contributed by atoms with Gasteiger partial charge in [0.15, 0.2) is 0 Å². The van der Waals surface area contributed by atoms with Crippen LogP contribution in [0, 0.1) is 0 Å². The maximum absolute atomic E-state index is 12.1. The van der Waals surface area contributed by atoms with Gasteiger partial charge in [0, 0.05) is 13.5 Å². The highest BCUT2D eigenvalue weighted by Gasteiger charge is 2.32. The lowest BCUT2D eigenvalue weighted by atomic mass is 10.0. The van der Waals surface area contributed by atoms with Gasteiger partial charge in [0.25, 0.3) is 5.91 Å². The molecule has 0 saturated carbocycles. The molecule has 1 saturated heterocycles. The number of hydrogen-bond donors (Lipinski definition) is 2. The summed E-state index contributed by atoms with van der Waals surface area (Å²) in [5.74, 6) is -1.10. The van der Waals surface area contributed by atoms with Crippen molar-refractivity contribution in [2.75, 3.05) is 25.2 Å². The molecule has 7 nitrogen and oxygen atoms in total. The first-order valence-electron chi connectivity index (χ1n) is 6.49. The molecule has 1 aromatic rings. The van der Waals surface area contributed by atoms with Gasteiger partial charge in [-0.3, -0.25) is 14.5 Å². The molecule has 0 radical (unpaired) electrons. The quantitative estimate of drug-likeness (QED) is 0.481. The number of para-hydroxylation sites is 1. The number of imide groups is 1. The highest BCUT2D eigenvalue weighted by atomic mass is 16.5. The van der Waals surface area contributed by atoms with Gasteiger partial charge in [0.05, 0.1) is 24.0 Å². The molecular weight excluding hydrogens is 274 g/mol. The predicted octanol–water partition coefficient (Wildman–Crippen LogP) is 0.615. The first-order chi connectivity index (χ1) is 9.95. The molecule has 21 heavy (non-hydrogen) atoms. The van der Waals surface area contributed by atoms with E-state index in [9.17, 15) is 14.4 Å². The van der Waals surface area contributed by atoms with E-state index in [-0.39, 0.29) is 23.8 Å². The zero-order valence-corrected chi connectivity index (χ0v) is 11.9. The molecule has 2 amide bonds. The number of carbonyl (C=O) groups is 3. The summed E-state index contributed by atoms with van der Waals surface area (Å²) < 4.78 is 4.70. The molecule has 1 atom stereocenters. The van der Waals surface area contributed by atoms with Crippen LogP contribution in [0.15, 0.2) is 18.2 Å². The van der Waals surface area contributed by atoms with E-state index in [0.717, 1.165) is 4.90 Å². The SMILES string of the molecule is COC(=O)c1cccc(N)c1NC1CCC(=O)N(C)C1=O. The molecule has 3 N–H and O–H groups in total. The Morgan fingerprint density at radius 3 is 2.81 bits per heavy atom. The first kappa shape index (κ1) is 14.8. The first-order valence-corrected chi connectivity index (χ1v) is 6.49. The number of anilines is 2. The third-order valence-corrected chi connectivity index (χ3v) is 3.47. The molecule has 0 aliphatic carbocycles. The number of esters is 1. The molecule has 1 unspecified atom stereocenters. The molecule has 0 aromatic heterocycles. The van der Waals surface area contributed by atoms with Crippen LogP contribution in [0.25, 0.3) is 0 Å². The molecule has 1 heterocycles. The molecular formula is C14H17N3O4. The van der Waals surface area contributed by atoms with Crippen LogP contribution in [0.2, 0.25) is 0 Å². The number of nitrogen functional groups attached to an aromatic ring is 1. The summed E-state index contributed by atoms with van der Waals surface area (Å²) in [4.78, 5) is 36.4. The number of methoxy groups -OCH3 is 1. The topological polar surface area (TPSA) is 102 Å². The van der Waals surface area contributed by atoms with Gasteiger partial charge in [0.1, 0.15) is 6.04 Å². The number of hydrogen-bond acceptors (Lipinski definition) is 6. The van der Waals surface area contributed by atoms with Crippen molar-refractivity contribution in [3.63, 3.8) is 0 Å². The molecule has 1 aliphatic heterocycles. The molecule has 112 valence electrons. The fourth-order valence-electron chi connectivity index (χ4n) is 2.24. The molecule has 1 aliphatic rings. The van der Waals surface area contributed by atoms with Crippen molar-refractivity contribution < 1.29 is 19.1 Å². The second-order valence-corrected chi connectivity index (χ2v) is 4.79. The Morgan fingerprint density at radius 2 is 2.14 bits per heavy atom. The fraction of sp³-hybridized carbons (Fsp3) is 0.357. The van der Waals surface area contributed by atoms with Crippen molar-refractivity contribution in [1.82, 2.24) is 4.90 Å². The van der Waals surface area contributed by atoms with E-state index in [1.54, 1.807) is 18.2 Å². The average molecular weight is 291 g/mol. The zero-order valence-electron chi connectivity index (χ0n) is 11.9. The molecule has 1 fully saturated rings. The minimum absolute atomic E-state index is 0.215. The van der Waals surface area contributed by atoms with Gasteiger partial charge in [-0.05, 0) is 18.6 Å². The van der Waals surface area contributed by atoms with Gasteiger partial charge < -0.3 is 15.8 Å². The smallest absolute Gasteiger partial charge is 0.340 e. The van der Waals surface area contributed by atoms with Crippen LogP contribution in [0.1, 0.15) is 23.2 Å². The monoisotopic (exact) mass is 291 g/mol. The lowest BCUT2D eigenvalue weighted by molar-refractivity contribution is -0.146. The van der Waals surface area contributed by atoms with Crippen molar-refractivity contribution in [2.45, 2.75) is 18.9 Å². The summed E-state index contributed by atoms with van der Waals surface area (Å²) in [7, 11) is 2.71. The molecule has 0 bridgehead atoms. The van der Waals surface area contributed by atoms with Gasteiger partial charge in [-0.25, -0.2) is 4.79 Å². The van der Waals surface area contributed by atoms with Crippen molar-refractivity contribution in [2.24, 2.45) is 0 Å². The Hall–Kier alpha value is -2.57. The third-order valence-electron chi connectivity index (χ3n) is 3.47. The summed E-state index contributed by atoms with van der Waals surface area (Å²) in [6.45, 7) is 0. The largest absolute Gasteiger partial charge is 0.465 e. The second-order valence-electron chi connectivity index (χ2n) is 4.79. The number of nitrogens with one attached hydrogen (secondary N) is 1. The van der Waals surface area contributed by atoms with Crippen LogP contribution in [-0.2, 0) is 14.3 Å². The summed E-state index contributed by atoms with van der Waals surface area (Å²) in [6.07, 6.45) is 0.622. The minimum atomic E-state index is -0.596. The normalized spacial score (nSPS) is 18.6. The van der Waals surface area contributed by atoms with E-state index in [2.05, 4.69) is 5.32 Å². The molecule has 0 spiro atoms. The van der Waals surface area contributed by atoms with Gasteiger partial charge >= 0.3 is 5.97 Å². The summed E-state index contributed by atoms with van der Waals surface area (Å²) in [6, 6.07) is 4.22. The number of nitrogens with two attached hydrogens (primary N) is 1. The van der Waals surface area contributed by atoms with E-state index in [4.69, 9.17) is 10.5 Å². The number of likely N-dealkylation sites (tertiary alicyclic amines) is 1. The van der Waals surface area contributed by atoms with Crippen LogP contribution in [-0.4, -0.2) is 42.9 Å². The number of amides is 2. The standard InChI is InChI=1S/C14H17N3O4/c1-17-11(18)7-6-10(13(17)19)16-12-8(14(20)21-2)4-3-5-9(12)15/h3-5,10,16H,6-7,15H2,1-2H3. The molecule has 1 aromatic carbocycles. The number of ether oxygens (including phenoxy) is 1. The van der Waals surface area contributed by atoms with Gasteiger partial charge in [-0.15, -0.1) is 0 Å². The number of likely N-dealkylation sites (N-methyl/N-ethyl adjacent to an activating group) is 1. The van der Waals surface area contributed by atoms with Crippen LogP contribution in [0.3, 0.4) is 0 Å². The van der Waals surface area contributed by atoms with Gasteiger partial charge in [-0.2, -0.15) is 0 Å². The fourth-order valence-corrected chi connectivity index (χ4v) is 2.24. The highest BCUT2D eigenvalue weighted by molar-refractivity contribution is 6.03. The molecule has 2 rings (SSSR count). The lowest BCUT2D eigenvalue weighted by Gasteiger charge is -2.29. The number of benzene rings is 1. The number of piperidine rings is 1. The Morgan fingerprint density at radius 1 is 1.43 bits per heavy atom. The van der Waals surface area contributed by atoms with E-state index < -0.39 is 12.0 Å². The Kier molecular flexibility index (Phi) is 4.11. The summed E-state index contributed by atoms with van der Waals surface area (Å²) >= 11 is 0. The Bertz CT molecular complexity index is 600. The van der Waals surface area contributed by atoms with Crippen molar-refractivity contribution in [3.05, 3.63) is 23.8 Å².